The predicted octanol–water partition coefficient (Wildman–Crippen LogP) is 4.67. The molecule has 0 saturated heterocycles. The zero-order valence-electron chi connectivity index (χ0n) is 8.07. The lowest BCUT2D eigenvalue weighted by Gasteiger charge is -2.07. The summed E-state index contributed by atoms with van der Waals surface area (Å²) in [6, 6.07) is 8.92. The minimum atomic E-state index is 1.33. The summed E-state index contributed by atoms with van der Waals surface area (Å²) < 4.78 is 2.72. The normalized spacial score (nSPS) is 10.9. The Labute approximate surface area is 111 Å². The fourth-order valence-corrected chi connectivity index (χ4v) is 3.13. The number of halogens is 2. The molecule has 0 spiro atoms. The summed E-state index contributed by atoms with van der Waals surface area (Å²) in [5.74, 6) is 0. The monoisotopic (exact) mass is 408 g/mol. The Morgan fingerprint density at radius 2 is 1.64 bits per heavy atom. The van der Waals surface area contributed by atoms with Crippen molar-refractivity contribution in [1.29, 1.82) is 0 Å². The molecule has 0 unspecified atom stereocenters. The van der Waals surface area contributed by atoms with Crippen LogP contribution in [0.1, 0.15) is 11.1 Å². The second-order valence-corrected chi connectivity index (χ2v) is 5.78. The van der Waals surface area contributed by atoms with E-state index in [0.29, 0.717) is 0 Å². The largest absolute Gasteiger partial charge is 0.0586 e. The summed E-state index contributed by atoms with van der Waals surface area (Å²) in [6.45, 7) is 4.31. The van der Waals surface area contributed by atoms with Crippen molar-refractivity contribution >= 4 is 56.0 Å². The standard InChI is InChI=1S/C12H10I2/c1-7-3-4-9-10(5-7)11(13)6-8(2)12(9)14/h3-6H,1-2H3. The van der Waals surface area contributed by atoms with E-state index in [1.54, 1.807) is 0 Å². The van der Waals surface area contributed by atoms with Crippen LogP contribution in [0, 0.1) is 21.0 Å². The molecule has 14 heavy (non-hydrogen) atoms. The van der Waals surface area contributed by atoms with E-state index < -0.39 is 0 Å². The van der Waals surface area contributed by atoms with Gasteiger partial charge in [-0.2, -0.15) is 0 Å². The van der Waals surface area contributed by atoms with Crippen molar-refractivity contribution < 1.29 is 0 Å². The first-order valence-electron chi connectivity index (χ1n) is 4.44. The van der Waals surface area contributed by atoms with E-state index in [1.165, 1.54) is 29.0 Å². The lowest BCUT2D eigenvalue weighted by Crippen LogP contribution is -1.87. The summed E-state index contributed by atoms with van der Waals surface area (Å²) in [4.78, 5) is 0. The average Bonchev–Trinajstić information content (AvgIpc) is 2.14. The fraction of sp³-hybridized carbons (Fsp3) is 0.167. The number of aryl methyl sites for hydroxylation is 2. The van der Waals surface area contributed by atoms with E-state index in [0.717, 1.165) is 0 Å². The molecule has 0 bridgehead atoms. The number of rotatable bonds is 0. The second kappa shape index (κ2) is 3.96. The van der Waals surface area contributed by atoms with Crippen LogP contribution < -0.4 is 0 Å². The van der Waals surface area contributed by atoms with Crippen LogP contribution >= 0.6 is 45.2 Å². The molecule has 72 valence electrons. The maximum absolute atomic E-state index is 2.43. The van der Waals surface area contributed by atoms with Crippen LogP contribution in [0.25, 0.3) is 10.8 Å². The Morgan fingerprint density at radius 1 is 0.929 bits per heavy atom. The molecule has 2 rings (SSSR count). The van der Waals surface area contributed by atoms with E-state index in [9.17, 15) is 0 Å². The third-order valence-corrected chi connectivity index (χ3v) is 4.68. The quantitative estimate of drug-likeness (QED) is 0.557. The van der Waals surface area contributed by atoms with Gasteiger partial charge in [0, 0.05) is 7.14 Å². The van der Waals surface area contributed by atoms with Crippen molar-refractivity contribution in [1.82, 2.24) is 0 Å². The molecule has 0 aromatic heterocycles. The highest BCUT2D eigenvalue weighted by molar-refractivity contribution is 14.1. The summed E-state index contributed by atoms with van der Waals surface area (Å²) >= 11 is 4.84. The highest BCUT2D eigenvalue weighted by Gasteiger charge is 2.05. The van der Waals surface area contributed by atoms with Gasteiger partial charge >= 0.3 is 0 Å². The molecule has 0 aliphatic rings. The number of hydrogen-bond acceptors (Lipinski definition) is 0. The first-order chi connectivity index (χ1) is 6.59. The molecule has 2 heteroatoms. The molecule has 0 saturated carbocycles. The Balaban J connectivity index is 2.94. The molecular formula is C12H10I2. The Hall–Kier alpha value is 0.160. The van der Waals surface area contributed by atoms with Crippen LogP contribution in [0.2, 0.25) is 0 Å². The van der Waals surface area contributed by atoms with Gasteiger partial charge < -0.3 is 0 Å². The van der Waals surface area contributed by atoms with Gasteiger partial charge in [0.25, 0.3) is 0 Å². The first kappa shape index (κ1) is 10.7. The first-order valence-corrected chi connectivity index (χ1v) is 6.60. The van der Waals surface area contributed by atoms with Gasteiger partial charge in [-0.25, -0.2) is 0 Å². The van der Waals surface area contributed by atoms with Crippen molar-refractivity contribution in [2.75, 3.05) is 0 Å². The molecule has 0 atom stereocenters. The second-order valence-electron chi connectivity index (χ2n) is 3.54. The molecule has 0 nitrogen and oxygen atoms in total. The SMILES string of the molecule is Cc1ccc2c(I)c(C)cc(I)c2c1. The van der Waals surface area contributed by atoms with Gasteiger partial charge in [-0.3, -0.25) is 0 Å². The van der Waals surface area contributed by atoms with Crippen LogP contribution in [0.15, 0.2) is 24.3 Å². The predicted molar refractivity (Wildman–Crippen MR) is 78.9 cm³/mol. The fourth-order valence-electron chi connectivity index (χ4n) is 1.59. The molecule has 0 N–H and O–H groups in total. The zero-order chi connectivity index (χ0) is 10.3. The Morgan fingerprint density at radius 3 is 2.36 bits per heavy atom. The Kier molecular flexibility index (Phi) is 3.02. The lowest BCUT2D eigenvalue weighted by atomic mass is 10.1. The Bertz CT molecular complexity index is 501. The smallest absolute Gasteiger partial charge is 0.0238 e. The van der Waals surface area contributed by atoms with Gasteiger partial charge in [-0.1, -0.05) is 23.8 Å². The molecule has 0 fully saturated rings. The van der Waals surface area contributed by atoms with E-state index in [2.05, 4.69) is 83.3 Å². The van der Waals surface area contributed by atoms with Gasteiger partial charge in [0.1, 0.15) is 0 Å². The van der Waals surface area contributed by atoms with Crippen molar-refractivity contribution in [3.8, 4) is 0 Å². The van der Waals surface area contributed by atoms with E-state index in [1.807, 2.05) is 0 Å². The highest BCUT2D eigenvalue weighted by Crippen LogP contribution is 2.28. The summed E-state index contributed by atoms with van der Waals surface area (Å²) in [5.41, 5.74) is 2.70. The molecule has 0 radical (unpaired) electrons. The summed E-state index contributed by atoms with van der Waals surface area (Å²) in [6.07, 6.45) is 0. The summed E-state index contributed by atoms with van der Waals surface area (Å²) in [7, 11) is 0. The maximum Gasteiger partial charge on any atom is 0.0238 e. The zero-order valence-corrected chi connectivity index (χ0v) is 12.4. The third-order valence-electron chi connectivity index (χ3n) is 2.36. The number of hydrogen-bond donors (Lipinski definition) is 0. The van der Waals surface area contributed by atoms with Crippen molar-refractivity contribution in [3.05, 3.63) is 42.5 Å². The molecule has 2 aromatic carbocycles. The highest BCUT2D eigenvalue weighted by atomic mass is 127. The van der Waals surface area contributed by atoms with Gasteiger partial charge in [0.2, 0.25) is 0 Å². The molecule has 2 aromatic rings. The third kappa shape index (κ3) is 1.78. The molecule has 0 heterocycles. The van der Waals surface area contributed by atoms with Crippen LogP contribution in [0.4, 0.5) is 0 Å². The van der Waals surface area contributed by atoms with Crippen molar-refractivity contribution in [2.24, 2.45) is 0 Å². The number of benzene rings is 2. The van der Waals surface area contributed by atoms with Crippen LogP contribution in [-0.4, -0.2) is 0 Å². The van der Waals surface area contributed by atoms with Crippen molar-refractivity contribution in [3.63, 3.8) is 0 Å². The van der Waals surface area contributed by atoms with Crippen LogP contribution in [-0.2, 0) is 0 Å². The van der Waals surface area contributed by atoms with Crippen LogP contribution in [0.3, 0.4) is 0 Å². The summed E-state index contributed by atoms with van der Waals surface area (Å²) in [5, 5.41) is 2.75. The lowest BCUT2D eigenvalue weighted by molar-refractivity contribution is 1.43. The molecule has 0 amide bonds. The van der Waals surface area contributed by atoms with Crippen LogP contribution in [0.5, 0.6) is 0 Å². The molecule has 0 aliphatic heterocycles. The van der Waals surface area contributed by atoms with E-state index in [-0.39, 0.29) is 0 Å². The maximum atomic E-state index is 2.43. The average molecular weight is 408 g/mol. The van der Waals surface area contributed by atoms with Gasteiger partial charge in [0.05, 0.1) is 0 Å². The minimum absolute atomic E-state index is 1.33. The molecular weight excluding hydrogens is 398 g/mol. The van der Waals surface area contributed by atoms with Gasteiger partial charge in [-0.15, -0.1) is 0 Å². The van der Waals surface area contributed by atoms with E-state index in [4.69, 9.17) is 0 Å². The topological polar surface area (TPSA) is 0 Å². The molecule has 0 aliphatic carbocycles. The minimum Gasteiger partial charge on any atom is -0.0586 e. The van der Waals surface area contributed by atoms with Gasteiger partial charge in [-0.05, 0) is 81.4 Å². The van der Waals surface area contributed by atoms with E-state index >= 15 is 0 Å². The van der Waals surface area contributed by atoms with Crippen molar-refractivity contribution in [2.45, 2.75) is 13.8 Å². The number of fused-ring (bicyclic) bond motifs is 1. The van der Waals surface area contributed by atoms with Gasteiger partial charge in [0.15, 0.2) is 0 Å².